The van der Waals surface area contributed by atoms with Crippen LogP contribution in [-0.2, 0) is 4.74 Å². The molecule has 1 heterocycles. The molecule has 0 N–H and O–H groups in total. The van der Waals surface area contributed by atoms with Crippen LogP contribution in [0.3, 0.4) is 0 Å². The third kappa shape index (κ3) is 4.42. The lowest BCUT2D eigenvalue weighted by atomic mass is 10.0. The Morgan fingerprint density at radius 3 is 2.19 bits per heavy atom. The van der Waals surface area contributed by atoms with Crippen LogP contribution in [0.5, 0.6) is 0 Å². The number of halogens is 2. The molecule has 0 spiro atoms. The molecule has 1 saturated heterocycles. The van der Waals surface area contributed by atoms with E-state index in [1.807, 2.05) is 0 Å². The molecule has 1 aliphatic rings. The molecule has 27 heavy (non-hydrogen) atoms. The Bertz CT molecular complexity index is 829. The minimum Gasteiger partial charge on any atom is -0.450 e. The lowest BCUT2D eigenvalue weighted by Crippen LogP contribution is -2.50. The van der Waals surface area contributed by atoms with Gasteiger partial charge in [-0.3, -0.25) is 4.79 Å². The first-order valence-corrected chi connectivity index (χ1v) is 8.75. The molecule has 0 atom stereocenters. The molecular weight excluding hydrogens is 354 g/mol. The molecule has 0 radical (unpaired) electrons. The summed E-state index contributed by atoms with van der Waals surface area (Å²) in [5, 5.41) is 0. The van der Waals surface area contributed by atoms with Gasteiger partial charge in [-0.15, -0.1) is 0 Å². The van der Waals surface area contributed by atoms with Crippen LogP contribution in [0.1, 0.15) is 17.3 Å². The summed E-state index contributed by atoms with van der Waals surface area (Å²) in [5.74, 6) is -1.52. The lowest BCUT2D eigenvalue weighted by Gasteiger charge is -2.34. The van der Waals surface area contributed by atoms with Crippen LogP contribution in [0, 0.1) is 11.6 Å². The maximum Gasteiger partial charge on any atom is 0.409 e. The van der Waals surface area contributed by atoms with Crippen LogP contribution in [-0.4, -0.2) is 54.6 Å². The third-order valence-electron chi connectivity index (χ3n) is 4.40. The Hall–Kier alpha value is -2.96. The fraction of sp³-hybridized carbons (Fsp3) is 0.300. The highest BCUT2D eigenvalue weighted by Crippen LogP contribution is 2.23. The number of hydrogen-bond donors (Lipinski definition) is 0. The molecule has 5 nitrogen and oxygen atoms in total. The van der Waals surface area contributed by atoms with E-state index in [2.05, 4.69) is 0 Å². The van der Waals surface area contributed by atoms with Crippen molar-refractivity contribution in [1.82, 2.24) is 9.80 Å². The van der Waals surface area contributed by atoms with Gasteiger partial charge in [-0.2, -0.15) is 0 Å². The molecule has 0 saturated carbocycles. The Kier molecular flexibility index (Phi) is 5.69. The SMILES string of the molecule is CCOC(=O)N1CCN(C(=O)c2cccc(-c3cc(F)cc(F)c3)c2)CC1. The highest BCUT2D eigenvalue weighted by molar-refractivity contribution is 5.95. The van der Waals surface area contributed by atoms with E-state index in [0.717, 1.165) is 6.07 Å². The van der Waals surface area contributed by atoms with Crippen molar-refractivity contribution in [3.63, 3.8) is 0 Å². The van der Waals surface area contributed by atoms with Crippen molar-refractivity contribution in [2.24, 2.45) is 0 Å². The Morgan fingerprint density at radius 2 is 1.56 bits per heavy atom. The number of ether oxygens (including phenoxy) is 1. The maximum absolute atomic E-state index is 13.5. The zero-order chi connectivity index (χ0) is 19.4. The normalized spacial score (nSPS) is 14.2. The van der Waals surface area contributed by atoms with Crippen LogP contribution in [0.4, 0.5) is 13.6 Å². The van der Waals surface area contributed by atoms with Gasteiger partial charge < -0.3 is 14.5 Å². The van der Waals surface area contributed by atoms with E-state index in [-0.39, 0.29) is 12.0 Å². The summed E-state index contributed by atoms with van der Waals surface area (Å²) in [5.41, 5.74) is 1.36. The summed E-state index contributed by atoms with van der Waals surface area (Å²) < 4.78 is 31.9. The summed E-state index contributed by atoms with van der Waals surface area (Å²) in [6, 6.07) is 9.93. The van der Waals surface area contributed by atoms with Gasteiger partial charge in [0.05, 0.1) is 6.61 Å². The van der Waals surface area contributed by atoms with Crippen LogP contribution >= 0.6 is 0 Å². The van der Waals surface area contributed by atoms with Gasteiger partial charge in [0.15, 0.2) is 0 Å². The molecule has 2 amide bonds. The van der Waals surface area contributed by atoms with Crippen molar-refractivity contribution in [1.29, 1.82) is 0 Å². The number of nitrogens with zero attached hydrogens (tertiary/aromatic N) is 2. The van der Waals surface area contributed by atoms with E-state index in [0.29, 0.717) is 49.5 Å². The molecule has 1 aliphatic heterocycles. The lowest BCUT2D eigenvalue weighted by molar-refractivity contribution is 0.0570. The molecule has 0 aliphatic carbocycles. The van der Waals surface area contributed by atoms with E-state index in [1.54, 1.807) is 41.0 Å². The molecule has 2 aromatic rings. The van der Waals surface area contributed by atoms with Crippen molar-refractivity contribution in [2.75, 3.05) is 32.8 Å². The topological polar surface area (TPSA) is 49.9 Å². The number of piperazine rings is 1. The second-order valence-electron chi connectivity index (χ2n) is 6.22. The average molecular weight is 374 g/mol. The van der Waals surface area contributed by atoms with Crippen molar-refractivity contribution in [3.8, 4) is 11.1 Å². The summed E-state index contributed by atoms with van der Waals surface area (Å²) in [6.45, 7) is 3.66. The van der Waals surface area contributed by atoms with E-state index in [4.69, 9.17) is 4.74 Å². The standard InChI is InChI=1S/C20H20F2N2O3/c1-2-27-20(26)24-8-6-23(7-9-24)19(25)15-5-3-4-14(10-15)16-11-17(21)13-18(22)12-16/h3-5,10-13H,2,6-9H2,1H3. The van der Waals surface area contributed by atoms with E-state index in [1.165, 1.54) is 12.1 Å². The van der Waals surface area contributed by atoms with Crippen LogP contribution in [0.15, 0.2) is 42.5 Å². The van der Waals surface area contributed by atoms with Crippen LogP contribution in [0.25, 0.3) is 11.1 Å². The van der Waals surface area contributed by atoms with Crippen LogP contribution in [0.2, 0.25) is 0 Å². The predicted octanol–water partition coefficient (Wildman–Crippen LogP) is 3.55. The number of carbonyl (C=O) groups is 2. The highest BCUT2D eigenvalue weighted by Gasteiger charge is 2.25. The fourth-order valence-corrected chi connectivity index (χ4v) is 3.04. The first-order chi connectivity index (χ1) is 13.0. The molecule has 1 fully saturated rings. The first-order valence-electron chi connectivity index (χ1n) is 8.75. The molecule has 0 bridgehead atoms. The number of benzene rings is 2. The van der Waals surface area contributed by atoms with Crippen molar-refractivity contribution in [2.45, 2.75) is 6.92 Å². The van der Waals surface area contributed by atoms with Gasteiger partial charge in [0.2, 0.25) is 0 Å². The highest BCUT2D eigenvalue weighted by atomic mass is 19.1. The molecule has 2 aromatic carbocycles. The van der Waals surface area contributed by atoms with Crippen molar-refractivity contribution >= 4 is 12.0 Å². The Labute approximate surface area is 156 Å². The first kappa shape index (κ1) is 18.8. The minimum atomic E-state index is -0.670. The van der Waals surface area contributed by atoms with Crippen molar-refractivity contribution in [3.05, 3.63) is 59.7 Å². The van der Waals surface area contributed by atoms with E-state index in [9.17, 15) is 18.4 Å². The molecular formula is C20H20F2N2O3. The quantitative estimate of drug-likeness (QED) is 0.826. The Morgan fingerprint density at radius 1 is 0.926 bits per heavy atom. The summed E-state index contributed by atoms with van der Waals surface area (Å²) in [6.07, 6.45) is -0.375. The molecule has 142 valence electrons. The van der Waals surface area contributed by atoms with Gasteiger partial charge in [-0.05, 0) is 42.3 Å². The number of hydrogen-bond acceptors (Lipinski definition) is 3. The molecule has 0 unspecified atom stereocenters. The van der Waals surface area contributed by atoms with Gasteiger partial charge >= 0.3 is 6.09 Å². The average Bonchev–Trinajstić information content (AvgIpc) is 2.67. The minimum absolute atomic E-state index is 0.183. The third-order valence-corrected chi connectivity index (χ3v) is 4.40. The van der Waals surface area contributed by atoms with E-state index < -0.39 is 11.6 Å². The maximum atomic E-state index is 13.5. The smallest absolute Gasteiger partial charge is 0.409 e. The van der Waals surface area contributed by atoms with Gasteiger partial charge in [-0.1, -0.05) is 12.1 Å². The van der Waals surface area contributed by atoms with Gasteiger partial charge in [-0.25, -0.2) is 13.6 Å². The second kappa shape index (κ2) is 8.16. The summed E-state index contributed by atoms with van der Waals surface area (Å²) >= 11 is 0. The molecule has 0 aromatic heterocycles. The number of rotatable bonds is 3. The van der Waals surface area contributed by atoms with Gasteiger partial charge in [0.1, 0.15) is 11.6 Å². The van der Waals surface area contributed by atoms with E-state index >= 15 is 0 Å². The molecule has 7 heteroatoms. The molecule has 3 rings (SSSR count). The van der Waals surface area contributed by atoms with Gasteiger partial charge in [0, 0.05) is 37.8 Å². The Balaban J connectivity index is 1.72. The van der Waals surface area contributed by atoms with Crippen LogP contribution < -0.4 is 0 Å². The summed E-state index contributed by atoms with van der Waals surface area (Å²) in [7, 11) is 0. The van der Waals surface area contributed by atoms with Crippen molar-refractivity contribution < 1.29 is 23.1 Å². The second-order valence-corrected chi connectivity index (χ2v) is 6.22. The predicted molar refractivity (Wildman–Crippen MR) is 96.3 cm³/mol. The van der Waals surface area contributed by atoms with Gasteiger partial charge in [0.25, 0.3) is 5.91 Å². The number of amides is 2. The fourth-order valence-electron chi connectivity index (χ4n) is 3.04. The summed E-state index contributed by atoms with van der Waals surface area (Å²) in [4.78, 5) is 27.7. The number of carbonyl (C=O) groups excluding carboxylic acids is 2. The largest absolute Gasteiger partial charge is 0.450 e. The zero-order valence-corrected chi connectivity index (χ0v) is 15.0. The zero-order valence-electron chi connectivity index (χ0n) is 15.0. The monoisotopic (exact) mass is 374 g/mol.